The maximum atomic E-state index is 11.5. The van der Waals surface area contributed by atoms with Gasteiger partial charge in [0, 0.05) is 24.7 Å². The van der Waals surface area contributed by atoms with E-state index in [0.717, 1.165) is 28.9 Å². The summed E-state index contributed by atoms with van der Waals surface area (Å²) < 4.78 is 6.10. The number of rotatable bonds is 2. The highest BCUT2D eigenvalue weighted by molar-refractivity contribution is 9.10. The highest BCUT2D eigenvalue weighted by Gasteiger charge is 2.22. The van der Waals surface area contributed by atoms with E-state index in [0.29, 0.717) is 6.42 Å². The van der Waals surface area contributed by atoms with E-state index in [1.165, 1.54) is 0 Å². The third kappa shape index (κ3) is 2.00. The Balaban J connectivity index is 2.32. The van der Waals surface area contributed by atoms with Gasteiger partial charge in [-0.25, -0.2) is 0 Å². The number of methoxy groups -OCH3 is 1. The van der Waals surface area contributed by atoms with Crippen LogP contribution in [-0.4, -0.2) is 19.6 Å². The molecule has 0 spiro atoms. The van der Waals surface area contributed by atoms with Crippen molar-refractivity contribution in [1.29, 1.82) is 0 Å². The topological polar surface area (TPSA) is 29.5 Å². The van der Waals surface area contributed by atoms with Gasteiger partial charge >= 0.3 is 0 Å². The average molecular weight is 270 g/mol. The number of hydrogen-bond donors (Lipinski definition) is 0. The number of hydrogen-bond acceptors (Lipinski definition) is 2. The van der Waals surface area contributed by atoms with Gasteiger partial charge in [-0.1, -0.05) is 0 Å². The number of carbonyl (C=O) groups excluding carboxylic acids is 1. The minimum atomic E-state index is 0.194. The Hall–Kier alpha value is -1.03. The Kier molecular flexibility index (Phi) is 2.95. The second-order valence-electron chi connectivity index (χ2n) is 3.47. The minimum absolute atomic E-state index is 0.194. The summed E-state index contributed by atoms with van der Waals surface area (Å²) in [5, 5.41) is 0. The van der Waals surface area contributed by atoms with Crippen molar-refractivity contribution in [3.05, 3.63) is 22.7 Å². The molecule has 0 radical (unpaired) electrons. The number of ether oxygens (including phenoxy) is 1. The van der Waals surface area contributed by atoms with Crippen molar-refractivity contribution in [3.63, 3.8) is 0 Å². The highest BCUT2D eigenvalue weighted by Crippen LogP contribution is 2.31. The molecule has 1 heterocycles. The van der Waals surface area contributed by atoms with Gasteiger partial charge in [0.05, 0.1) is 11.6 Å². The van der Waals surface area contributed by atoms with Gasteiger partial charge in [0.2, 0.25) is 5.91 Å². The van der Waals surface area contributed by atoms with Crippen LogP contribution in [0.5, 0.6) is 5.75 Å². The molecule has 0 aliphatic carbocycles. The van der Waals surface area contributed by atoms with Crippen molar-refractivity contribution in [2.45, 2.75) is 12.8 Å². The number of benzene rings is 1. The van der Waals surface area contributed by atoms with E-state index in [4.69, 9.17) is 4.74 Å². The minimum Gasteiger partial charge on any atom is -0.495 e. The zero-order valence-electron chi connectivity index (χ0n) is 8.50. The fourth-order valence-corrected chi connectivity index (χ4v) is 2.15. The van der Waals surface area contributed by atoms with Gasteiger partial charge in [-0.2, -0.15) is 0 Å². The van der Waals surface area contributed by atoms with Crippen molar-refractivity contribution in [1.82, 2.24) is 0 Å². The van der Waals surface area contributed by atoms with Crippen LogP contribution >= 0.6 is 15.9 Å². The summed E-state index contributed by atoms with van der Waals surface area (Å²) in [6, 6.07) is 5.71. The Labute approximate surface area is 97.2 Å². The Morgan fingerprint density at radius 3 is 2.87 bits per heavy atom. The molecule has 3 nitrogen and oxygen atoms in total. The molecule has 1 aliphatic rings. The molecule has 1 amide bonds. The molecule has 1 aliphatic heterocycles. The van der Waals surface area contributed by atoms with E-state index in [-0.39, 0.29) is 5.91 Å². The largest absolute Gasteiger partial charge is 0.495 e. The lowest BCUT2D eigenvalue weighted by Gasteiger charge is -2.16. The fraction of sp³-hybridized carbons (Fsp3) is 0.364. The van der Waals surface area contributed by atoms with Crippen molar-refractivity contribution >= 4 is 27.5 Å². The summed E-state index contributed by atoms with van der Waals surface area (Å²) >= 11 is 3.39. The zero-order chi connectivity index (χ0) is 10.8. The van der Waals surface area contributed by atoms with Crippen LogP contribution in [-0.2, 0) is 4.79 Å². The number of anilines is 1. The van der Waals surface area contributed by atoms with Gasteiger partial charge in [0.15, 0.2) is 0 Å². The molecule has 0 N–H and O–H groups in total. The maximum Gasteiger partial charge on any atom is 0.227 e. The molecule has 0 aromatic heterocycles. The van der Waals surface area contributed by atoms with Gasteiger partial charge in [0.25, 0.3) is 0 Å². The summed E-state index contributed by atoms with van der Waals surface area (Å²) in [5.41, 5.74) is 0.914. The summed E-state index contributed by atoms with van der Waals surface area (Å²) in [6.07, 6.45) is 1.59. The summed E-state index contributed by atoms with van der Waals surface area (Å²) in [6.45, 7) is 0.809. The second-order valence-corrected chi connectivity index (χ2v) is 4.32. The van der Waals surface area contributed by atoms with E-state index in [2.05, 4.69) is 15.9 Å². The van der Waals surface area contributed by atoms with Gasteiger partial charge in [-0.15, -0.1) is 0 Å². The smallest absolute Gasteiger partial charge is 0.227 e. The zero-order valence-corrected chi connectivity index (χ0v) is 10.1. The number of carbonyl (C=O) groups is 1. The highest BCUT2D eigenvalue weighted by atomic mass is 79.9. The quantitative estimate of drug-likeness (QED) is 0.826. The Morgan fingerprint density at radius 2 is 2.27 bits per heavy atom. The van der Waals surface area contributed by atoms with E-state index < -0.39 is 0 Å². The first-order chi connectivity index (χ1) is 7.22. The van der Waals surface area contributed by atoms with E-state index in [9.17, 15) is 4.79 Å². The average Bonchev–Trinajstić information content (AvgIpc) is 2.65. The molecule has 0 bridgehead atoms. The lowest BCUT2D eigenvalue weighted by Crippen LogP contribution is -2.23. The number of nitrogens with zero attached hydrogens (tertiary/aromatic N) is 1. The van der Waals surface area contributed by atoms with Gasteiger partial charge in [0.1, 0.15) is 5.75 Å². The molecule has 1 aromatic carbocycles. The molecule has 0 saturated carbocycles. The van der Waals surface area contributed by atoms with Crippen LogP contribution in [0.3, 0.4) is 0 Å². The van der Waals surface area contributed by atoms with Crippen LogP contribution in [0.25, 0.3) is 0 Å². The first-order valence-corrected chi connectivity index (χ1v) is 5.65. The number of amides is 1. The summed E-state index contributed by atoms with van der Waals surface area (Å²) in [7, 11) is 1.62. The molecule has 1 fully saturated rings. The predicted octanol–water partition coefficient (Wildman–Crippen LogP) is 2.58. The van der Waals surface area contributed by atoms with Crippen LogP contribution in [0.4, 0.5) is 5.69 Å². The molecule has 80 valence electrons. The lowest BCUT2D eigenvalue weighted by molar-refractivity contribution is -0.117. The third-order valence-electron chi connectivity index (χ3n) is 2.52. The molecular formula is C11H12BrNO2. The first-order valence-electron chi connectivity index (χ1n) is 4.86. The predicted molar refractivity (Wildman–Crippen MR) is 62.3 cm³/mol. The van der Waals surface area contributed by atoms with Gasteiger partial charge < -0.3 is 9.64 Å². The molecule has 0 unspecified atom stereocenters. The van der Waals surface area contributed by atoms with E-state index in [1.54, 1.807) is 12.0 Å². The molecule has 1 saturated heterocycles. The van der Waals surface area contributed by atoms with Crippen LogP contribution in [0.1, 0.15) is 12.8 Å². The van der Waals surface area contributed by atoms with Gasteiger partial charge in [-0.05, 0) is 34.5 Å². The monoisotopic (exact) mass is 269 g/mol. The van der Waals surface area contributed by atoms with Crippen molar-refractivity contribution in [2.75, 3.05) is 18.6 Å². The van der Waals surface area contributed by atoms with E-state index >= 15 is 0 Å². The Bertz CT molecular complexity index is 392. The SMILES string of the molecule is COc1cc(N2CCCC2=O)ccc1Br. The van der Waals surface area contributed by atoms with Crippen molar-refractivity contribution < 1.29 is 9.53 Å². The lowest BCUT2D eigenvalue weighted by atomic mass is 10.3. The maximum absolute atomic E-state index is 11.5. The van der Waals surface area contributed by atoms with Crippen molar-refractivity contribution in [3.8, 4) is 5.75 Å². The third-order valence-corrected chi connectivity index (χ3v) is 3.17. The number of halogens is 1. The fourth-order valence-electron chi connectivity index (χ4n) is 1.74. The van der Waals surface area contributed by atoms with Crippen LogP contribution in [0.2, 0.25) is 0 Å². The van der Waals surface area contributed by atoms with Crippen molar-refractivity contribution in [2.24, 2.45) is 0 Å². The second kappa shape index (κ2) is 4.23. The first kappa shape index (κ1) is 10.5. The van der Waals surface area contributed by atoms with Crippen LogP contribution in [0, 0.1) is 0 Å². The molecule has 4 heteroatoms. The Morgan fingerprint density at radius 1 is 1.47 bits per heavy atom. The molecular weight excluding hydrogens is 258 g/mol. The molecule has 2 rings (SSSR count). The van der Waals surface area contributed by atoms with Crippen LogP contribution in [0.15, 0.2) is 22.7 Å². The normalized spacial score (nSPS) is 15.9. The summed E-state index contributed by atoms with van der Waals surface area (Å²) in [5.74, 6) is 0.951. The van der Waals surface area contributed by atoms with Gasteiger partial charge in [-0.3, -0.25) is 4.79 Å². The van der Waals surface area contributed by atoms with E-state index in [1.807, 2.05) is 18.2 Å². The summed E-state index contributed by atoms with van der Waals surface area (Å²) in [4.78, 5) is 13.3. The molecule has 0 atom stereocenters. The molecule has 1 aromatic rings. The standard InChI is InChI=1S/C11H12BrNO2/c1-15-10-7-8(4-5-9(10)12)13-6-2-3-11(13)14/h4-5,7H,2-3,6H2,1H3. The molecule has 15 heavy (non-hydrogen) atoms. The van der Waals surface area contributed by atoms with Crippen LogP contribution < -0.4 is 9.64 Å².